The SMILES string of the molecule is CC(N)c1ccc(-c2ccc(I)cc2Cl)o1. The maximum absolute atomic E-state index is 6.16. The Morgan fingerprint density at radius 1 is 1.31 bits per heavy atom. The standard InChI is InChI=1S/C12H11ClINO/c1-7(15)11-4-5-12(16-11)9-3-2-8(14)6-10(9)13/h2-7H,15H2,1H3. The van der Waals surface area contributed by atoms with Crippen molar-refractivity contribution in [3.8, 4) is 11.3 Å². The summed E-state index contributed by atoms with van der Waals surface area (Å²) in [4.78, 5) is 0. The van der Waals surface area contributed by atoms with E-state index in [2.05, 4.69) is 22.6 Å². The zero-order valence-corrected chi connectivity index (χ0v) is 11.6. The second-order valence-electron chi connectivity index (χ2n) is 3.61. The molecule has 1 aromatic heterocycles. The van der Waals surface area contributed by atoms with Crippen molar-refractivity contribution < 1.29 is 4.42 Å². The van der Waals surface area contributed by atoms with Crippen molar-refractivity contribution in [3.05, 3.63) is 44.7 Å². The van der Waals surface area contributed by atoms with Crippen LogP contribution in [-0.2, 0) is 0 Å². The Hall–Kier alpha value is -0.520. The third kappa shape index (κ3) is 2.42. The minimum absolute atomic E-state index is 0.101. The van der Waals surface area contributed by atoms with Gasteiger partial charge in [-0.25, -0.2) is 0 Å². The van der Waals surface area contributed by atoms with Gasteiger partial charge in [0.05, 0.1) is 11.1 Å². The Bertz CT molecular complexity index is 507. The number of halogens is 2. The Balaban J connectivity index is 2.42. The maximum atomic E-state index is 6.16. The molecule has 0 aliphatic carbocycles. The summed E-state index contributed by atoms with van der Waals surface area (Å²) in [6.45, 7) is 1.89. The summed E-state index contributed by atoms with van der Waals surface area (Å²) in [5.41, 5.74) is 6.64. The van der Waals surface area contributed by atoms with E-state index in [0.29, 0.717) is 5.02 Å². The molecule has 0 fully saturated rings. The molecule has 0 spiro atoms. The molecule has 2 nitrogen and oxygen atoms in total. The molecule has 2 aromatic rings. The Kier molecular flexibility index (Phi) is 3.56. The number of nitrogens with two attached hydrogens (primary N) is 1. The van der Waals surface area contributed by atoms with Gasteiger partial charge in [-0.3, -0.25) is 0 Å². The number of rotatable bonds is 2. The van der Waals surface area contributed by atoms with Gasteiger partial charge in [0.2, 0.25) is 0 Å². The molecule has 2 rings (SSSR count). The van der Waals surface area contributed by atoms with E-state index < -0.39 is 0 Å². The van der Waals surface area contributed by atoms with E-state index in [-0.39, 0.29) is 6.04 Å². The normalized spacial score (nSPS) is 12.8. The molecule has 84 valence electrons. The van der Waals surface area contributed by atoms with Gasteiger partial charge in [-0.1, -0.05) is 11.6 Å². The van der Waals surface area contributed by atoms with E-state index in [1.807, 2.05) is 37.3 Å². The minimum Gasteiger partial charge on any atom is -0.459 e. The molecule has 1 aromatic carbocycles. The fourth-order valence-corrected chi connectivity index (χ4v) is 2.38. The molecule has 0 saturated heterocycles. The van der Waals surface area contributed by atoms with E-state index in [4.69, 9.17) is 21.8 Å². The van der Waals surface area contributed by atoms with E-state index in [9.17, 15) is 0 Å². The summed E-state index contributed by atoms with van der Waals surface area (Å²) >= 11 is 8.38. The molecule has 4 heteroatoms. The largest absolute Gasteiger partial charge is 0.459 e. The lowest BCUT2D eigenvalue weighted by atomic mass is 10.2. The lowest BCUT2D eigenvalue weighted by molar-refractivity contribution is 0.491. The van der Waals surface area contributed by atoms with Gasteiger partial charge in [-0.15, -0.1) is 0 Å². The molecule has 2 N–H and O–H groups in total. The van der Waals surface area contributed by atoms with Gasteiger partial charge < -0.3 is 10.2 Å². The molecule has 16 heavy (non-hydrogen) atoms. The molecular formula is C12H11ClINO. The number of benzene rings is 1. The lowest BCUT2D eigenvalue weighted by Crippen LogP contribution is -2.02. The van der Waals surface area contributed by atoms with Crippen LogP contribution in [0.2, 0.25) is 5.02 Å². The first kappa shape index (κ1) is 12.0. The molecule has 0 radical (unpaired) electrons. The molecule has 0 amide bonds. The average molecular weight is 348 g/mol. The van der Waals surface area contributed by atoms with Crippen molar-refractivity contribution in [2.75, 3.05) is 0 Å². The monoisotopic (exact) mass is 347 g/mol. The van der Waals surface area contributed by atoms with Gasteiger partial charge >= 0.3 is 0 Å². The maximum Gasteiger partial charge on any atom is 0.135 e. The third-order valence-corrected chi connectivity index (χ3v) is 3.26. The fourth-order valence-electron chi connectivity index (χ4n) is 1.43. The summed E-state index contributed by atoms with van der Waals surface area (Å²) in [5.74, 6) is 1.53. The molecule has 1 heterocycles. The highest BCUT2D eigenvalue weighted by Crippen LogP contribution is 2.31. The quantitative estimate of drug-likeness (QED) is 0.826. The van der Waals surface area contributed by atoms with Gasteiger partial charge in [-0.2, -0.15) is 0 Å². The topological polar surface area (TPSA) is 39.2 Å². The van der Waals surface area contributed by atoms with Crippen LogP contribution in [0.15, 0.2) is 34.7 Å². The second-order valence-corrected chi connectivity index (χ2v) is 5.27. The number of hydrogen-bond donors (Lipinski definition) is 1. The second kappa shape index (κ2) is 4.77. The number of hydrogen-bond acceptors (Lipinski definition) is 2. The van der Waals surface area contributed by atoms with E-state index in [1.165, 1.54) is 0 Å². The lowest BCUT2D eigenvalue weighted by Gasteiger charge is -2.02. The summed E-state index contributed by atoms with van der Waals surface area (Å²) in [6.07, 6.45) is 0. The first-order valence-corrected chi connectivity index (χ1v) is 6.34. The molecule has 0 aliphatic rings. The highest BCUT2D eigenvalue weighted by molar-refractivity contribution is 14.1. The summed E-state index contributed by atoms with van der Waals surface area (Å²) in [6, 6.07) is 9.53. The summed E-state index contributed by atoms with van der Waals surface area (Å²) in [5, 5.41) is 0.692. The van der Waals surface area contributed by atoms with Crippen LogP contribution in [-0.4, -0.2) is 0 Å². The van der Waals surface area contributed by atoms with Crippen LogP contribution in [0, 0.1) is 3.57 Å². The highest BCUT2D eigenvalue weighted by atomic mass is 127. The summed E-state index contributed by atoms with van der Waals surface area (Å²) in [7, 11) is 0. The third-order valence-electron chi connectivity index (χ3n) is 2.27. The molecule has 1 unspecified atom stereocenters. The van der Waals surface area contributed by atoms with Crippen molar-refractivity contribution in [2.45, 2.75) is 13.0 Å². The van der Waals surface area contributed by atoms with Gasteiger partial charge in [-0.05, 0) is 59.8 Å². The molecule has 1 atom stereocenters. The first-order chi connectivity index (χ1) is 7.58. The van der Waals surface area contributed by atoms with E-state index in [0.717, 1.165) is 20.7 Å². The Labute approximate surface area is 113 Å². The smallest absolute Gasteiger partial charge is 0.135 e. The zero-order chi connectivity index (χ0) is 11.7. The van der Waals surface area contributed by atoms with Crippen LogP contribution >= 0.6 is 34.2 Å². The van der Waals surface area contributed by atoms with Gasteiger partial charge in [0.15, 0.2) is 0 Å². The van der Waals surface area contributed by atoms with E-state index in [1.54, 1.807) is 0 Å². The van der Waals surface area contributed by atoms with Crippen molar-refractivity contribution in [1.29, 1.82) is 0 Å². The predicted octanol–water partition coefficient (Wildman–Crippen LogP) is 4.22. The van der Waals surface area contributed by atoms with Gasteiger partial charge in [0.25, 0.3) is 0 Å². The molecule has 0 saturated carbocycles. The summed E-state index contributed by atoms with van der Waals surface area (Å²) < 4.78 is 6.74. The predicted molar refractivity (Wildman–Crippen MR) is 74.5 cm³/mol. The van der Waals surface area contributed by atoms with Crippen molar-refractivity contribution in [3.63, 3.8) is 0 Å². The van der Waals surface area contributed by atoms with Crippen LogP contribution < -0.4 is 5.73 Å². The van der Waals surface area contributed by atoms with Crippen LogP contribution in [0.25, 0.3) is 11.3 Å². The minimum atomic E-state index is -0.101. The van der Waals surface area contributed by atoms with Crippen LogP contribution in [0.3, 0.4) is 0 Å². The van der Waals surface area contributed by atoms with Crippen LogP contribution in [0.4, 0.5) is 0 Å². The van der Waals surface area contributed by atoms with Crippen molar-refractivity contribution in [1.82, 2.24) is 0 Å². The van der Waals surface area contributed by atoms with Crippen LogP contribution in [0.5, 0.6) is 0 Å². The Morgan fingerprint density at radius 2 is 2.06 bits per heavy atom. The van der Waals surface area contributed by atoms with Gasteiger partial charge in [0.1, 0.15) is 11.5 Å². The Morgan fingerprint density at radius 3 is 2.62 bits per heavy atom. The molecule has 0 bridgehead atoms. The number of furan rings is 1. The van der Waals surface area contributed by atoms with Crippen molar-refractivity contribution in [2.24, 2.45) is 5.73 Å². The first-order valence-electron chi connectivity index (χ1n) is 4.88. The van der Waals surface area contributed by atoms with E-state index >= 15 is 0 Å². The fraction of sp³-hybridized carbons (Fsp3) is 0.167. The molecular weight excluding hydrogens is 336 g/mol. The highest BCUT2D eigenvalue weighted by Gasteiger charge is 2.10. The average Bonchev–Trinajstić information content (AvgIpc) is 2.66. The van der Waals surface area contributed by atoms with Gasteiger partial charge in [0, 0.05) is 9.13 Å². The van der Waals surface area contributed by atoms with Crippen molar-refractivity contribution >= 4 is 34.2 Å². The van der Waals surface area contributed by atoms with Crippen LogP contribution in [0.1, 0.15) is 18.7 Å². The molecule has 0 aliphatic heterocycles. The zero-order valence-electron chi connectivity index (χ0n) is 8.71.